The van der Waals surface area contributed by atoms with Gasteiger partial charge in [0.2, 0.25) is 0 Å². The Labute approximate surface area is 133 Å². The molecule has 1 heterocycles. The van der Waals surface area contributed by atoms with Crippen LogP contribution in [0.15, 0.2) is 30.3 Å². The number of rotatable bonds is 5. The topological polar surface area (TPSA) is 121 Å². The minimum atomic E-state index is -1.68. The Morgan fingerprint density at radius 2 is 1.96 bits per heavy atom. The molecule has 1 aromatic heterocycles. The van der Waals surface area contributed by atoms with E-state index in [9.17, 15) is 14.7 Å². The number of hydrogen-bond acceptors (Lipinski definition) is 4. The summed E-state index contributed by atoms with van der Waals surface area (Å²) < 4.78 is 0. The Morgan fingerprint density at radius 1 is 1.35 bits per heavy atom. The lowest BCUT2D eigenvalue weighted by molar-refractivity contribution is -0.134. The fourth-order valence-corrected chi connectivity index (χ4v) is 2.26. The van der Waals surface area contributed by atoms with Gasteiger partial charge in [-0.25, -0.2) is 0 Å². The van der Waals surface area contributed by atoms with Gasteiger partial charge in [0, 0.05) is 5.92 Å². The first kappa shape index (κ1) is 16.7. The van der Waals surface area contributed by atoms with Crippen LogP contribution in [0.3, 0.4) is 0 Å². The number of nitrogens with one attached hydrogen (secondary N) is 2. The standard InChI is InChI=1S/C16H20N4O3/c1-9(11-7-5-4-6-8-11)16(3,23)15(22)18-12-10(2)19-20-13(12)14(17)21/h4-9,23H,1-3H3,(H2,17,21)(H,18,22)(H,19,20)/t9-,16-/m1/s1. The van der Waals surface area contributed by atoms with Crippen molar-refractivity contribution < 1.29 is 14.7 Å². The van der Waals surface area contributed by atoms with Crippen LogP contribution in [0.2, 0.25) is 0 Å². The fourth-order valence-electron chi connectivity index (χ4n) is 2.26. The number of anilines is 1. The molecular formula is C16H20N4O3. The van der Waals surface area contributed by atoms with E-state index in [1.54, 1.807) is 13.8 Å². The maximum Gasteiger partial charge on any atom is 0.271 e. The van der Waals surface area contributed by atoms with E-state index < -0.39 is 23.3 Å². The Hall–Kier alpha value is -2.67. The van der Waals surface area contributed by atoms with E-state index in [0.717, 1.165) is 5.56 Å². The summed E-state index contributed by atoms with van der Waals surface area (Å²) in [7, 11) is 0. The molecule has 0 saturated carbocycles. The molecule has 2 rings (SSSR count). The number of nitrogens with zero attached hydrogens (tertiary/aromatic N) is 1. The molecule has 0 saturated heterocycles. The molecule has 7 nitrogen and oxygen atoms in total. The zero-order valence-electron chi connectivity index (χ0n) is 13.3. The highest BCUT2D eigenvalue weighted by Gasteiger charge is 2.38. The highest BCUT2D eigenvalue weighted by Crippen LogP contribution is 2.29. The van der Waals surface area contributed by atoms with Crippen molar-refractivity contribution in [3.05, 3.63) is 47.3 Å². The molecule has 1 aromatic carbocycles. The summed E-state index contributed by atoms with van der Waals surface area (Å²) in [6.45, 7) is 4.83. The number of nitrogens with two attached hydrogens (primary N) is 1. The largest absolute Gasteiger partial charge is 0.380 e. The van der Waals surface area contributed by atoms with Gasteiger partial charge in [-0.15, -0.1) is 0 Å². The number of aryl methyl sites for hydroxylation is 1. The summed E-state index contributed by atoms with van der Waals surface area (Å²) in [5, 5.41) is 19.6. The van der Waals surface area contributed by atoms with Gasteiger partial charge in [0.25, 0.3) is 11.8 Å². The number of benzene rings is 1. The van der Waals surface area contributed by atoms with Crippen molar-refractivity contribution >= 4 is 17.5 Å². The smallest absolute Gasteiger partial charge is 0.271 e. The maximum atomic E-state index is 12.5. The van der Waals surface area contributed by atoms with Gasteiger partial charge >= 0.3 is 0 Å². The second kappa shape index (κ2) is 6.21. The highest BCUT2D eigenvalue weighted by atomic mass is 16.3. The molecule has 5 N–H and O–H groups in total. The lowest BCUT2D eigenvalue weighted by Gasteiger charge is -2.29. The molecule has 7 heteroatoms. The molecule has 0 aliphatic heterocycles. The number of carbonyl (C=O) groups is 2. The quantitative estimate of drug-likeness (QED) is 0.664. The Kier molecular flexibility index (Phi) is 4.51. The van der Waals surface area contributed by atoms with E-state index in [1.165, 1.54) is 6.92 Å². The van der Waals surface area contributed by atoms with Gasteiger partial charge in [0.05, 0.1) is 11.4 Å². The molecule has 23 heavy (non-hydrogen) atoms. The molecule has 0 unspecified atom stereocenters. The van der Waals surface area contributed by atoms with Crippen molar-refractivity contribution in [1.82, 2.24) is 10.2 Å². The van der Waals surface area contributed by atoms with Crippen LogP contribution in [0, 0.1) is 6.92 Å². The summed E-state index contributed by atoms with van der Waals surface area (Å²) >= 11 is 0. The Bertz CT molecular complexity index is 722. The van der Waals surface area contributed by atoms with Crippen LogP contribution in [0.1, 0.15) is 41.5 Å². The summed E-state index contributed by atoms with van der Waals surface area (Å²) in [5.74, 6) is -1.85. The van der Waals surface area contributed by atoms with Crippen molar-refractivity contribution in [1.29, 1.82) is 0 Å². The van der Waals surface area contributed by atoms with Gasteiger partial charge in [0.15, 0.2) is 5.69 Å². The van der Waals surface area contributed by atoms with Crippen molar-refractivity contribution in [3.8, 4) is 0 Å². The van der Waals surface area contributed by atoms with Gasteiger partial charge in [-0.05, 0) is 19.4 Å². The van der Waals surface area contributed by atoms with Crippen molar-refractivity contribution in [2.45, 2.75) is 32.3 Å². The molecule has 2 amide bonds. The molecule has 0 bridgehead atoms. The molecule has 0 spiro atoms. The zero-order valence-corrected chi connectivity index (χ0v) is 13.3. The Morgan fingerprint density at radius 3 is 2.52 bits per heavy atom. The average molecular weight is 316 g/mol. The van der Waals surface area contributed by atoms with Crippen LogP contribution in [-0.4, -0.2) is 32.7 Å². The third-order valence-corrected chi connectivity index (χ3v) is 4.02. The van der Waals surface area contributed by atoms with Crippen molar-refractivity contribution in [3.63, 3.8) is 0 Å². The Balaban J connectivity index is 2.26. The van der Waals surface area contributed by atoms with Crippen LogP contribution in [0.25, 0.3) is 0 Å². The number of amides is 2. The van der Waals surface area contributed by atoms with Crippen LogP contribution >= 0.6 is 0 Å². The van der Waals surface area contributed by atoms with Crippen LogP contribution in [0.5, 0.6) is 0 Å². The van der Waals surface area contributed by atoms with Gasteiger partial charge in [0.1, 0.15) is 5.60 Å². The minimum Gasteiger partial charge on any atom is -0.380 e. The monoisotopic (exact) mass is 316 g/mol. The molecule has 0 aliphatic rings. The minimum absolute atomic E-state index is 0.0704. The molecule has 0 fully saturated rings. The van der Waals surface area contributed by atoms with Crippen LogP contribution < -0.4 is 11.1 Å². The number of aliphatic hydroxyl groups is 1. The third kappa shape index (κ3) is 3.24. The molecule has 2 atom stereocenters. The van der Waals surface area contributed by atoms with Crippen molar-refractivity contribution in [2.75, 3.05) is 5.32 Å². The average Bonchev–Trinajstić information content (AvgIpc) is 2.88. The van der Waals surface area contributed by atoms with E-state index in [2.05, 4.69) is 15.5 Å². The molecule has 0 aliphatic carbocycles. The first-order chi connectivity index (χ1) is 10.7. The van der Waals surface area contributed by atoms with Crippen LogP contribution in [0.4, 0.5) is 5.69 Å². The van der Waals surface area contributed by atoms with E-state index >= 15 is 0 Å². The van der Waals surface area contributed by atoms with Crippen molar-refractivity contribution in [2.24, 2.45) is 5.73 Å². The van der Waals surface area contributed by atoms with Gasteiger partial charge < -0.3 is 16.2 Å². The third-order valence-electron chi connectivity index (χ3n) is 4.02. The lowest BCUT2D eigenvalue weighted by atomic mass is 9.84. The van der Waals surface area contributed by atoms with E-state index in [1.807, 2.05) is 30.3 Å². The fraction of sp³-hybridized carbons (Fsp3) is 0.312. The summed E-state index contributed by atoms with van der Waals surface area (Å²) in [4.78, 5) is 23.9. The number of hydrogen-bond donors (Lipinski definition) is 4. The first-order valence-electron chi connectivity index (χ1n) is 7.18. The molecule has 0 radical (unpaired) electrons. The second-order valence-electron chi connectivity index (χ2n) is 5.67. The second-order valence-corrected chi connectivity index (χ2v) is 5.67. The predicted molar refractivity (Wildman–Crippen MR) is 86.0 cm³/mol. The summed E-state index contributed by atoms with van der Waals surface area (Å²) in [6.07, 6.45) is 0. The molecule has 2 aromatic rings. The van der Waals surface area contributed by atoms with Gasteiger partial charge in [-0.1, -0.05) is 37.3 Å². The van der Waals surface area contributed by atoms with E-state index in [4.69, 9.17) is 5.73 Å². The van der Waals surface area contributed by atoms with Crippen LogP contribution in [-0.2, 0) is 4.79 Å². The van der Waals surface area contributed by atoms with E-state index in [-0.39, 0.29) is 11.4 Å². The summed E-state index contributed by atoms with van der Waals surface area (Å²) in [5.41, 5.74) is 4.97. The number of aromatic nitrogens is 2. The van der Waals surface area contributed by atoms with Gasteiger partial charge in [-0.2, -0.15) is 5.10 Å². The summed E-state index contributed by atoms with van der Waals surface area (Å²) in [6, 6.07) is 9.21. The normalized spacial score (nSPS) is 14.8. The number of aromatic amines is 1. The zero-order chi connectivity index (χ0) is 17.2. The first-order valence-corrected chi connectivity index (χ1v) is 7.18. The predicted octanol–water partition coefficient (Wildman–Crippen LogP) is 1.31. The number of primary amides is 1. The highest BCUT2D eigenvalue weighted by molar-refractivity contribution is 6.04. The molecular weight excluding hydrogens is 296 g/mol. The SMILES string of the molecule is Cc1[nH]nc(C(N)=O)c1NC(=O)[C@](C)(O)[C@H](C)c1ccccc1. The number of H-pyrrole nitrogens is 1. The number of carbonyl (C=O) groups excluding carboxylic acids is 2. The maximum absolute atomic E-state index is 12.5. The van der Waals surface area contributed by atoms with E-state index in [0.29, 0.717) is 5.69 Å². The molecule has 122 valence electrons. The lowest BCUT2D eigenvalue weighted by Crippen LogP contribution is -2.44. The van der Waals surface area contributed by atoms with Gasteiger partial charge in [-0.3, -0.25) is 14.7 Å².